The Morgan fingerprint density at radius 3 is 1.52 bits per heavy atom. The molecule has 1 heterocycles. The van der Waals surface area contributed by atoms with E-state index in [9.17, 15) is 25.6 Å². The molecule has 10 heteroatoms. The summed E-state index contributed by atoms with van der Waals surface area (Å²) in [6.45, 7) is 0. The standard InChI is InChI=1S/C17H12F2N2O4S2/c18-13-3-7-16(8-4-13)26(22,23)21(15-2-1-11-20-12-15)27(24,25)17-9-5-14(19)6-10-17/h1-12H. The van der Waals surface area contributed by atoms with Crippen LogP contribution in [0, 0.1) is 11.6 Å². The maximum Gasteiger partial charge on any atom is 0.277 e. The predicted octanol–water partition coefficient (Wildman–Crippen LogP) is 2.94. The quantitative estimate of drug-likeness (QED) is 0.646. The number of benzene rings is 2. The van der Waals surface area contributed by atoms with Crippen LogP contribution in [-0.4, -0.2) is 21.8 Å². The summed E-state index contributed by atoms with van der Waals surface area (Å²) in [5.74, 6) is -1.36. The van der Waals surface area contributed by atoms with Crippen molar-refractivity contribution in [2.45, 2.75) is 9.79 Å². The molecule has 6 nitrogen and oxygen atoms in total. The summed E-state index contributed by atoms with van der Waals surface area (Å²) in [7, 11) is -9.28. The van der Waals surface area contributed by atoms with Gasteiger partial charge in [0, 0.05) is 6.20 Å². The van der Waals surface area contributed by atoms with E-state index >= 15 is 0 Å². The number of hydrogen-bond acceptors (Lipinski definition) is 5. The van der Waals surface area contributed by atoms with Gasteiger partial charge in [-0.25, -0.2) is 25.6 Å². The molecule has 140 valence electrons. The van der Waals surface area contributed by atoms with Crippen molar-refractivity contribution in [3.05, 3.63) is 84.7 Å². The van der Waals surface area contributed by atoms with Gasteiger partial charge in [0.1, 0.15) is 11.6 Å². The van der Waals surface area contributed by atoms with E-state index in [-0.39, 0.29) is 9.40 Å². The van der Waals surface area contributed by atoms with Gasteiger partial charge in [-0.2, -0.15) is 3.71 Å². The number of anilines is 1. The summed E-state index contributed by atoms with van der Waals surface area (Å²) in [4.78, 5) is 2.89. The molecular formula is C17H12F2N2O4S2. The molecule has 27 heavy (non-hydrogen) atoms. The van der Waals surface area contributed by atoms with E-state index in [1.165, 1.54) is 18.3 Å². The molecule has 0 saturated carbocycles. The number of nitrogens with zero attached hydrogens (tertiary/aromatic N) is 2. The lowest BCUT2D eigenvalue weighted by Gasteiger charge is -2.23. The lowest BCUT2D eigenvalue weighted by molar-refractivity contribution is 0.583. The van der Waals surface area contributed by atoms with Crippen LogP contribution < -0.4 is 3.71 Å². The zero-order valence-electron chi connectivity index (χ0n) is 13.5. The molecule has 0 unspecified atom stereocenters. The fraction of sp³-hybridized carbons (Fsp3) is 0. The van der Waals surface area contributed by atoms with Gasteiger partial charge in [-0.15, -0.1) is 0 Å². The Balaban J connectivity index is 2.24. The Morgan fingerprint density at radius 2 is 1.15 bits per heavy atom. The molecule has 0 aliphatic carbocycles. The number of hydrogen-bond donors (Lipinski definition) is 0. The number of sulfonamides is 2. The molecule has 0 N–H and O–H groups in total. The summed E-state index contributed by atoms with van der Waals surface area (Å²) >= 11 is 0. The minimum absolute atomic E-state index is 0.188. The molecule has 0 radical (unpaired) electrons. The SMILES string of the molecule is O=S(=O)(c1ccc(F)cc1)N(c1cccnc1)S(=O)(=O)c1ccc(F)cc1. The first kappa shape index (κ1) is 18.9. The van der Waals surface area contributed by atoms with Crippen molar-refractivity contribution >= 4 is 25.7 Å². The molecular weight excluding hydrogens is 398 g/mol. The monoisotopic (exact) mass is 410 g/mol. The molecule has 0 atom stereocenters. The first-order chi connectivity index (χ1) is 12.7. The summed E-state index contributed by atoms with van der Waals surface area (Å²) in [6.07, 6.45) is 2.40. The molecule has 0 aliphatic heterocycles. The second kappa shape index (κ2) is 7.05. The Bertz CT molecular complexity index is 1070. The summed E-state index contributed by atoms with van der Waals surface area (Å²) in [5, 5.41) is 0. The summed E-state index contributed by atoms with van der Waals surface area (Å²) in [6, 6.07) is 10.0. The van der Waals surface area contributed by atoms with Crippen molar-refractivity contribution in [1.29, 1.82) is 0 Å². The molecule has 0 bridgehead atoms. The maximum absolute atomic E-state index is 13.2. The third-order valence-electron chi connectivity index (χ3n) is 3.52. The molecule has 0 saturated heterocycles. The van der Waals surface area contributed by atoms with E-state index in [1.54, 1.807) is 0 Å². The molecule has 2 aromatic carbocycles. The fourth-order valence-electron chi connectivity index (χ4n) is 2.27. The molecule has 0 fully saturated rings. The zero-order chi connectivity index (χ0) is 19.7. The normalized spacial score (nSPS) is 11.9. The average Bonchev–Trinajstić information content (AvgIpc) is 2.63. The number of aromatic nitrogens is 1. The third kappa shape index (κ3) is 3.67. The first-order valence-corrected chi connectivity index (χ1v) is 10.3. The van der Waals surface area contributed by atoms with Crippen molar-refractivity contribution < 1.29 is 25.6 Å². The van der Waals surface area contributed by atoms with Crippen molar-refractivity contribution in [2.75, 3.05) is 3.71 Å². The Kier molecular flexibility index (Phi) is 4.94. The second-order valence-corrected chi connectivity index (χ2v) is 9.13. The molecule has 3 aromatic rings. The van der Waals surface area contributed by atoms with Crippen LogP contribution in [0.5, 0.6) is 0 Å². The van der Waals surface area contributed by atoms with Gasteiger partial charge in [0.05, 0.1) is 21.7 Å². The average molecular weight is 410 g/mol. The van der Waals surface area contributed by atoms with Gasteiger partial charge in [-0.05, 0) is 60.7 Å². The van der Waals surface area contributed by atoms with Gasteiger partial charge < -0.3 is 0 Å². The van der Waals surface area contributed by atoms with Crippen LogP contribution in [0.4, 0.5) is 14.5 Å². The number of rotatable bonds is 5. The summed E-state index contributed by atoms with van der Waals surface area (Å²) in [5.41, 5.74) is -0.244. The minimum atomic E-state index is -4.64. The molecule has 0 amide bonds. The molecule has 0 spiro atoms. The highest BCUT2D eigenvalue weighted by Gasteiger charge is 2.37. The summed E-state index contributed by atoms with van der Waals surface area (Å²) < 4.78 is 78.7. The highest BCUT2D eigenvalue weighted by atomic mass is 32.3. The fourth-order valence-corrected chi connectivity index (χ4v) is 5.94. The largest absolute Gasteiger partial charge is 0.277 e. The van der Waals surface area contributed by atoms with Crippen molar-refractivity contribution in [1.82, 2.24) is 4.98 Å². The number of halogens is 2. The van der Waals surface area contributed by atoms with Gasteiger partial charge in [-0.1, -0.05) is 0 Å². The van der Waals surface area contributed by atoms with Crippen LogP contribution in [0.3, 0.4) is 0 Å². The highest BCUT2D eigenvalue weighted by molar-refractivity contribution is 8.10. The van der Waals surface area contributed by atoms with Gasteiger partial charge in [0.2, 0.25) is 0 Å². The van der Waals surface area contributed by atoms with E-state index in [0.717, 1.165) is 54.7 Å². The van der Waals surface area contributed by atoms with Crippen LogP contribution >= 0.6 is 0 Å². The van der Waals surface area contributed by atoms with Crippen LogP contribution in [0.1, 0.15) is 0 Å². The first-order valence-electron chi connectivity index (χ1n) is 7.44. The molecule has 3 rings (SSSR count). The maximum atomic E-state index is 13.2. The van der Waals surface area contributed by atoms with Crippen molar-refractivity contribution in [3.63, 3.8) is 0 Å². The van der Waals surface area contributed by atoms with Crippen molar-refractivity contribution in [2.24, 2.45) is 0 Å². The topological polar surface area (TPSA) is 84.4 Å². The Hall–Kier alpha value is -2.85. The van der Waals surface area contributed by atoms with Crippen LogP contribution in [-0.2, 0) is 20.0 Å². The van der Waals surface area contributed by atoms with Gasteiger partial charge >= 0.3 is 0 Å². The van der Waals surface area contributed by atoms with Crippen LogP contribution in [0.2, 0.25) is 0 Å². The Labute approximate surface area is 154 Å². The van der Waals surface area contributed by atoms with E-state index in [4.69, 9.17) is 0 Å². The van der Waals surface area contributed by atoms with Gasteiger partial charge in [0.25, 0.3) is 20.0 Å². The van der Waals surface area contributed by atoms with Crippen molar-refractivity contribution in [3.8, 4) is 0 Å². The van der Waals surface area contributed by atoms with E-state index in [1.807, 2.05) is 0 Å². The lowest BCUT2D eigenvalue weighted by atomic mass is 10.4. The van der Waals surface area contributed by atoms with Gasteiger partial charge in [-0.3, -0.25) is 4.98 Å². The minimum Gasteiger partial charge on any atom is -0.262 e. The van der Waals surface area contributed by atoms with Crippen LogP contribution in [0.25, 0.3) is 0 Å². The van der Waals surface area contributed by atoms with E-state index in [0.29, 0.717) is 0 Å². The molecule has 0 aliphatic rings. The van der Waals surface area contributed by atoms with E-state index < -0.39 is 41.5 Å². The van der Waals surface area contributed by atoms with Gasteiger partial charge in [0.15, 0.2) is 0 Å². The van der Waals surface area contributed by atoms with E-state index in [2.05, 4.69) is 4.98 Å². The number of pyridine rings is 1. The predicted molar refractivity (Wildman–Crippen MR) is 93.9 cm³/mol. The molecule has 1 aromatic heterocycles. The van der Waals surface area contributed by atoms with Crippen LogP contribution in [0.15, 0.2) is 82.8 Å². The Morgan fingerprint density at radius 1 is 0.704 bits per heavy atom. The highest BCUT2D eigenvalue weighted by Crippen LogP contribution is 2.30. The zero-order valence-corrected chi connectivity index (χ0v) is 15.2. The lowest BCUT2D eigenvalue weighted by Crippen LogP contribution is -2.37. The third-order valence-corrected chi connectivity index (χ3v) is 7.72. The smallest absolute Gasteiger partial charge is 0.262 e. The second-order valence-electron chi connectivity index (χ2n) is 5.33.